The van der Waals surface area contributed by atoms with Gasteiger partial charge in [0.15, 0.2) is 0 Å². The molecule has 1 saturated carbocycles. The predicted octanol–water partition coefficient (Wildman–Crippen LogP) is 1.53. The molecule has 0 aliphatic heterocycles. The van der Waals surface area contributed by atoms with Gasteiger partial charge in [-0.1, -0.05) is 30.3 Å². The Morgan fingerprint density at radius 1 is 1.35 bits per heavy atom. The molecule has 0 unspecified atom stereocenters. The molecule has 0 radical (unpaired) electrons. The van der Waals surface area contributed by atoms with Crippen molar-refractivity contribution in [3.8, 4) is 0 Å². The summed E-state index contributed by atoms with van der Waals surface area (Å²) in [6, 6.07) is 10.4. The Hall–Kier alpha value is -1.00. The second-order valence-electron chi connectivity index (χ2n) is 4.41. The van der Waals surface area contributed by atoms with Crippen molar-refractivity contribution < 1.29 is 4.79 Å². The summed E-state index contributed by atoms with van der Waals surface area (Å²) in [4.78, 5) is 11.1. The van der Waals surface area contributed by atoms with Gasteiger partial charge < -0.3 is 11.1 Å². The molecule has 1 amide bonds. The molecule has 3 N–H and O–H groups in total. The van der Waals surface area contributed by atoms with Crippen LogP contribution in [0.25, 0.3) is 0 Å². The van der Waals surface area contributed by atoms with E-state index in [-0.39, 0.29) is 11.4 Å². The molecule has 4 heteroatoms. The van der Waals surface area contributed by atoms with Crippen LogP contribution >= 0.6 is 11.8 Å². The van der Waals surface area contributed by atoms with Crippen LogP contribution in [0, 0.1) is 0 Å². The number of primary amides is 1. The molecule has 1 fully saturated rings. The van der Waals surface area contributed by atoms with E-state index in [1.54, 1.807) is 0 Å². The third kappa shape index (κ3) is 3.48. The Morgan fingerprint density at radius 2 is 2.06 bits per heavy atom. The number of rotatable bonds is 7. The maximum atomic E-state index is 11.1. The molecular formula is C13H18N2OS. The van der Waals surface area contributed by atoms with E-state index < -0.39 is 0 Å². The van der Waals surface area contributed by atoms with Crippen molar-refractivity contribution in [2.24, 2.45) is 5.73 Å². The van der Waals surface area contributed by atoms with Gasteiger partial charge in [0.05, 0.1) is 5.54 Å². The molecule has 17 heavy (non-hydrogen) atoms. The number of nitrogens with one attached hydrogen (secondary N) is 1. The van der Waals surface area contributed by atoms with Crippen LogP contribution < -0.4 is 11.1 Å². The summed E-state index contributed by atoms with van der Waals surface area (Å²) in [6.07, 6.45) is 1.79. The second-order valence-corrected chi connectivity index (χ2v) is 5.52. The second kappa shape index (κ2) is 5.56. The molecule has 2 rings (SSSR count). The third-order valence-corrected chi connectivity index (χ3v) is 4.07. The molecule has 1 aliphatic rings. The third-order valence-electron chi connectivity index (χ3n) is 3.04. The predicted molar refractivity (Wildman–Crippen MR) is 71.8 cm³/mol. The molecule has 1 aromatic carbocycles. The fourth-order valence-corrected chi connectivity index (χ4v) is 2.58. The maximum Gasteiger partial charge on any atom is 0.237 e. The minimum Gasteiger partial charge on any atom is -0.368 e. The standard InChI is InChI=1S/C13H18N2OS/c14-12(16)13(6-7-13)15-8-9-17-10-11-4-2-1-3-5-11/h1-5,15H,6-10H2,(H2,14,16). The lowest BCUT2D eigenvalue weighted by Gasteiger charge is -2.12. The largest absolute Gasteiger partial charge is 0.368 e. The molecule has 3 nitrogen and oxygen atoms in total. The highest BCUT2D eigenvalue weighted by Crippen LogP contribution is 2.34. The molecule has 0 heterocycles. The first-order valence-electron chi connectivity index (χ1n) is 5.90. The van der Waals surface area contributed by atoms with E-state index in [0.29, 0.717) is 0 Å². The van der Waals surface area contributed by atoms with E-state index in [2.05, 4.69) is 29.6 Å². The Balaban J connectivity index is 1.60. The van der Waals surface area contributed by atoms with E-state index in [0.717, 1.165) is 30.9 Å². The zero-order chi connectivity index (χ0) is 12.1. The molecule has 0 bridgehead atoms. The van der Waals surface area contributed by atoms with Crippen molar-refractivity contribution in [1.82, 2.24) is 5.32 Å². The topological polar surface area (TPSA) is 55.1 Å². The van der Waals surface area contributed by atoms with Gasteiger partial charge in [-0.2, -0.15) is 11.8 Å². The van der Waals surface area contributed by atoms with E-state index in [1.807, 2.05) is 17.8 Å². The summed E-state index contributed by atoms with van der Waals surface area (Å²) < 4.78 is 0. The number of amides is 1. The molecule has 0 aromatic heterocycles. The van der Waals surface area contributed by atoms with Crippen LogP contribution in [-0.2, 0) is 10.5 Å². The lowest BCUT2D eigenvalue weighted by atomic mass is 10.2. The number of carbonyl (C=O) groups excluding carboxylic acids is 1. The SMILES string of the molecule is NC(=O)C1(NCCSCc2ccccc2)CC1. The first-order chi connectivity index (χ1) is 8.23. The molecule has 92 valence electrons. The van der Waals surface area contributed by atoms with E-state index >= 15 is 0 Å². The summed E-state index contributed by atoms with van der Waals surface area (Å²) >= 11 is 1.87. The van der Waals surface area contributed by atoms with Crippen LogP contribution in [0.2, 0.25) is 0 Å². The molecule has 1 aromatic rings. The van der Waals surface area contributed by atoms with Crippen LogP contribution in [0.3, 0.4) is 0 Å². The number of carbonyl (C=O) groups is 1. The van der Waals surface area contributed by atoms with Crippen LogP contribution in [0.4, 0.5) is 0 Å². The average molecular weight is 250 g/mol. The van der Waals surface area contributed by atoms with Crippen molar-refractivity contribution in [3.05, 3.63) is 35.9 Å². The first kappa shape index (κ1) is 12.5. The summed E-state index contributed by atoms with van der Waals surface area (Å²) in [7, 11) is 0. The Labute approximate surface area is 106 Å². The number of thioether (sulfide) groups is 1. The van der Waals surface area contributed by atoms with Gasteiger partial charge in [0, 0.05) is 18.1 Å². The van der Waals surface area contributed by atoms with Gasteiger partial charge in [0.25, 0.3) is 0 Å². The Kier molecular flexibility index (Phi) is 4.07. The van der Waals surface area contributed by atoms with Gasteiger partial charge in [0.1, 0.15) is 0 Å². The zero-order valence-corrected chi connectivity index (χ0v) is 10.6. The van der Waals surface area contributed by atoms with Crippen LogP contribution in [0.1, 0.15) is 18.4 Å². The highest BCUT2D eigenvalue weighted by atomic mass is 32.2. The number of hydrogen-bond donors (Lipinski definition) is 2. The van der Waals surface area contributed by atoms with Crippen molar-refractivity contribution >= 4 is 17.7 Å². The molecule has 0 saturated heterocycles. The average Bonchev–Trinajstić information content (AvgIpc) is 3.11. The van der Waals surface area contributed by atoms with Crippen molar-refractivity contribution in [2.75, 3.05) is 12.3 Å². The number of nitrogens with two attached hydrogens (primary N) is 1. The Bertz CT molecular complexity index is 376. The summed E-state index contributed by atoms with van der Waals surface area (Å²) in [5.41, 5.74) is 6.30. The monoisotopic (exact) mass is 250 g/mol. The van der Waals surface area contributed by atoms with Crippen molar-refractivity contribution in [1.29, 1.82) is 0 Å². The molecular weight excluding hydrogens is 232 g/mol. The van der Waals surface area contributed by atoms with Gasteiger partial charge in [-0.15, -0.1) is 0 Å². The van der Waals surface area contributed by atoms with E-state index in [4.69, 9.17) is 5.73 Å². The summed E-state index contributed by atoms with van der Waals surface area (Å²) in [5, 5.41) is 3.26. The summed E-state index contributed by atoms with van der Waals surface area (Å²) in [5.74, 6) is 1.82. The zero-order valence-electron chi connectivity index (χ0n) is 9.82. The van der Waals surface area contributed by atoms with Gasteiger partial charge in [-0.05, 0) is 18.4 Å². The fourth-order valence-electron chi connectivity index (χ4n) is 1.76. The van der Waals surface area contributed by atoms with Gasteiger partial charge in [0.2, 0.25) is 5.91 Å². The lowest BCUT2D eigenvalue weighted by molar-refractivity contribution is -0.120. The minimum absolute atomic E-state index is 0.203. The van der Waals surface area contributed by atoms with Crippen LogP contribution in [0.5, 0.6) is 0 Å². The van der Waals surface area contributed by atoms with Gasteiger partial charge >= 0.3 is 0 Å². The van der Waals surface area contributed by atoms with E-state index in [9.17, 15) is 4.79 Å². The highest BCUT2D eigenvalue weighted by molar-refractivity contribution is 7.98. The first-order valence-corrected chi connectivity index (χ1v) is 7.05. The minimum atomic E-state index is -0.368. The van der Waals surface area contributed by atoms with Gasteiger partial charge in [-0.3, -0.25) is 4.79 Å². The van der Waals surface area contributed by atoms with Gasteiger partial charge in [-0.25, -0.2) is 0 Å². The number of benzene rings is 1. The highest BCUT2D eigenvalue weighted by Gasteiger charge is 2.47. The lowest BCUT2D eigenvalue weighted by Crippen LogP contribution is -2.44. The normalized spacial score (nSPS) is 16.7. The summed E-state index contributed by atoms with van der Waals surface area (Å²) in [6.45, 7) is 0.848. The quantitative estimate of drug-likeness (QED) is 0.722. The smallest absolute Gasteiger partial charge is 0.237 e. The van der Waals surface area contributed by atoms with Crippen LogP contribution in [-0.4, -0.2) is 23.7 Å². The molecule has 1 aliphatic carbocycles. The number of hydrogen-bond acceptors (Lipinski definition) is 3. The Morgan fingerprint density at radius 3 is 2.65 bits per heavy atom. The maximum absolute atomic E-state index is 11.1. The van der Waals surface area contributed by atoms with Crippen LogP contribution in [0.15, 0.2) is 30.3 Å². The molecule has 0 atom stereocenters. The van der Waals surface area contributed by atoms with E-state index in [1.165, 1.54) is 5.56 Å². The fraction of sp³-hybridized carbons (Fsp3) is 0.462. The van der Waals surface area contributed by atoms with Crippen molar-refractivity contribution in [3.63, 3.8) is 0 Å². The van der Waals surface area contributed by atoms with Crippen molar-refractivity contribution in [2.45, 2.75) is 24.1 Å². The molecule has 0 spiro atoms.